The van der Waals surface area contributed by atoms with E-state index in [1.54, 1.807) is 13.0 Å². The quantitative estimate of drug-likeness (QED) is 0.182. The lowest BCUT2D eigenvalue weighted by Gasteiger charge is -2.13. The van der Waals surface area contributed by atoms with Crippen molar-refractivity contribution in [2.45, 2.75) is 19.8 Å². The fraction of sp³-hybridized carbons (Fsp3) is 0.238. The van der Waals surface area contributed by atoms with Crippen LogP contribution in [0.3, 0.4) is 0 Å². The fourth-order valence-corrected chi connectivity index (χ4v) is 2.05. The van der Waals surface area contributed by atoms with E-state index in [-0.39, 0.29) is 24.1 Å². The van der Waals surface area contributed by atoms with Gasteiger partial charge < -0.3 is 21.1 Å². The Hall–Kier alpha value is -3.06. The van der Waals surface area contributed by atoms with Crippen molar-refractivity contribution in [3.63, 3.8) is 0 Å². The van der Waals surface area contributed by atoms with E-state index >= 15 is 0 Å². The number of ether oxygens (including phenoxy) is 1. The number of nitrogens with two attached hydrogens (primary N) is 1. The first-order valence-electron chi connectivity index (χ1n) is 8.60. The molecule has 0 aromatic carbocycles. The molecular weight excluding hydrogens is 397 g/mol. The highest BCUT2D eigenvalue weighted by atomic mass is 35.5. The average Bonchev–Trinajstić information content (AvgIpc) is 2.60. The summed E-state index contributed by atoms with van der Waals surface area (Å²) in [4.78, 5) is 24.0. The molecule has 0 bridgehead atoms. The van der Waals surface area contributed by atoms with Crippen molar-refractivity contribution in [3.05, 3.63) is 84.2 Å². The molecule has 8 heteroatoms. The molecule has 0 rings (SSSR count). The van der Waals surface area contributed by atoms with Gasteiger partial charge in [-0.15, -0.1) is 6.58 Å². The predicted molar refractivity (Wildman–Crippen MR) is 115 cm³/mol. The number of hydrogen-bond acceptors (Lipinski definition) is 4. The molecule has 4 N–H and O–H groups in total. The van der Waals surface area contributed by atoms with E-state index in [1.165, 1.54) is 18.4 Å². The van der Waals surface area contributed by atoms with Crippen molar-refractivity contribution < 1.29 is 18.7 Å². The van der Waals surface area contributed by atoms with E-state index in [9.17, 15) is 14.0 Å². The van der Waals surface area contributed by atoms with Gasteiger partial charge >= 0.3 is 0 Å². The highest BCUT2D eigenvalue weighted by molar-refractivity contribution is 6.31. The number of rotatable bonds is 13. The molecule has 0 radical (unpaired) electrons. The molecule has 0 aromatic rings. The van der Waals surface area contributed by atoms with Crippen LogP contribution < -0.4 is 16.4 Å². The Kier molecular flexibility index (Phi) is 12.5. The number of carbonyl (C=O) groups excluding carboxylic acids is 2. The zero-order chi connectivity index (χ0) is 22.4. The summed E-state index contributed by atoms with van der Waals surface area (Å²) in [6.45, 7) is 15.8. The topological polar surface area (TPSA) is 93.5 Å². The first-order chi connectivity index (χ1) is 13.6. The summed E-state index contributed by atoms with van der Waals surface area (Å²) in [6.07, 6.45) is 6.04. The fourth-order valence-electron chi connectivity index (χ4n) is 1.98. The van der Waals surface area contributed by atoms with Gasteiger partial charge in [-0.2, -0.15) is 0 Å². The van der Waals surface area contributed by atoms with Crippen molar-refractivity contribution in [1.82, 2.24) is 10.6 Å². The summed E-state index contributed by atoms with van der Waals surface area (Å²) < 4.78 is 17.6. The molecule has 0 fully saturated rings. The van der Waals surface area contributed by atoms with Crippen LogP contribution in [0.5, 0.6) is 0 Å². The summed E-state index contributed by atoms with van der Waals surface area (Å²) >= 11 is 5.51. The van der Waals surface area contributed by atoms with Gasteiger partial charge in [-0.3, -0.25) is 9.59 Å². The first-order valence-corrected chi connectivity index (χ1v) is 8.97. The summed E-state index contributed by atoms with van der Waals surface area (Å²) in [5.74, 6) is -1.56. The molecule has 0 aliphatic rings. The molecular formula is C21H27ClFN3O3. The lowest BCUT2D eigenvalue weighted by Crippen LogP contribution is -2.31. The SMILES string of the molecule is C=CC/C(N)=C(/C(=C)C)C(=O)NCCC(=C)NC(=O)CO/C=C/C=C(/Cl)C(=C)F. The van der Waals surface area contributed by atoms with Crippen molar-refractivity contribution in [1.29, 1.82) is 0 Å². The largest absolute Gasteiger partial charge is 0.491 e. The number of carbonyl (C=O) groups is 2. The van der Waals surface area contributed by atoms with Crippen molar-refractivity contribution in [2.75, 3.05) is 13.2 Å². The van der Waals surface area contributed by atoms with Crippen LogP contribution in [0.25, 0.3) is 0 Å². The number of halogens is 2. The molecule has 0 saturated heterocycles. The van der Waals surface area contributed by atoms with Gasteiger partial charge in [0.1, 0.15) is 5.83 Å². The second-order valence-corrected chi connectivity index (χ2v) is 6.30. The van der Waals surface area contributed by atoms with Crippen LogP contribution in [-0.4, -0.2) is 25.0 Å². The van der Waals surface area contributed by atoms with Gasteiger partial charge in [0.05, 0.1) is 16.9 Å². The maximum absolute atomic E-state index is 12.6. The monoisotopic (exact) mass is 423 g/mol. The molecule has 0 aliphatic heterocycles. The van der Waals surface area contributed by atoms with Crippen molar-refractivity contribution in [2.24, 2.45) is 5.73 Å². The van der Waals surface area contributed by atoms with Crippen LogP contribution in [0.15, 0.2) is 84.2 Å². The van der Waals surface area contributed by atoms with Crippen LogP contribution in [0.1, 0.15) is 19.8 Å². The maximum atomic E-state index is 12.6. The van der Waals surface area contributed by atoms with Crippen LogP contribution in [0, 0.1) is 0 Å². The maximum Gasteiger partial charge on any atom is 0.261 e. The third-order valence-electron chi connectivity index (χ3n) is 3.26. The molecule has 0 unspecified atom stereocenters. The second-order valence-electron chi connectivity index (χ2n) is 5.89. The predicted octanol–water partition coefficient (Wildman–Crippen LogP) is 3.62. The lowest BCUT2D eigenvalue weighted by atomic mass is 10.0. The Morgan fingerprint density at radius 2 is 1.93 bits per heavy atom. The normalized spacial score (nSPS) is 12.0. The summed E-state index contributed by atoms with van der Waals surface area (Å²) in [7, 11) is 0. The molecule has 0 saturated carbocycles. The van der Waals surface area contributed by atoms with Crippen LogP contribution in [-0.2, 0) is 14.3 Å². The van der Waals surface area contributed by atoms with Gasteiger partial charge in [0.25, 0.3) is 11.8 Å². The first kappa shape index (κ1) is 25.9. The third-order valence-corrected chi connectivity index (χ3v) is 3.59. The molecule has 2 amide bonds. The van der Waals surface area contributed by atoms with Gasteiger partial charge in [-0.1, -0.05) is 37.4 Å². The molecule has 29 heavy (non-hydrogen) atoms. The standard InChI is InChI=1S/C21H27ClFN3O3/c1-6-8-18(24)20(14(2)3)21(28)25-11-10-15(4)26-19(27)13-29-12-7-9-17(22)16(5)23/h6-7,9,12H,1-2,4-5,8,10-11,13,24H2,3H3,(H,25,28)(H,26,27)/b12-7+,17-9+,20-18+. The Bertz CT molecular complexity index is 767. The van der Waals surface area contributed by atoms with Gasteiger partial charge in [0.15, 0.2) is 6.61 Å². The minimum Gasteiger partial charge on any atom is -0.491 e. The Balaban J connectivity index is 4.36. The minimum atomic E-state index is -0.772. The number of amides is 2. The second kappa shape index (κ2) is 14.0. The van der Waals surface area contributed by atoms with Crippen molar-refractivity contribution >= 4 is 23.4 Å². The van der Waals surface area contributed by atoms with E-state index in [0.29, 0.717) is 35.4 Å². The molecule has 0 heterocycles. The average molecular weight is 424 g/mol. The molecule has 6 nitrogen and oxygen atoms in total. The smallest absolute Gasteiger partial charge is 0.261 e. The van der Waals surface area contributed by atoms with Crippen LogP contribution in [0.4, 0.5) is 4.39 Å². The van der Waals surface area contributed by atoms with Crippen LogP contribution in [0.2, 0.25) is 0 Å². The summed E-state index contributed by atoms with van der Waals surface area (Å²) in [6, 6.07) is 0. The van der Waals surface area contributed by atoms with E-state index in [1.807, 2.05) is 0 Å². The lowest BCUT2D eigenvalue weighted by molar-refractivity contribution is -0.123. The highest BCUT2D eigenvalue weighted by Crippen LogP contribution is 2.13. The number of nitrogens with one attached hydrogen (secondary N) is 2. The molecule has 0 atom stereocenters. The summed E-state index contributed by atoms with van der Waals surface area (Å²) in [5, 5.41) is 5.08. The Labute approximate surface area is 176 Å². The van der Waals surface area contributed by atoms with Crippen molar-refractivity contribution in [3.8, 4) is 0 Å². The number of allylic oxidation sites excluding steroid dienone is 5. The van der Waals surface area contributed by atoms with E-state index < -0.39 is 11.7 Å². The minimum absolute atomic E-state index is 0.166. The molecule has 0 aliphatic carbocycles. The molecule has 0 spiro atoms. The zero-order valence-corrected chi connectivity index (χ0v) is 17.3. The van der Waals surface area contributed by atoms with Crippen LogP contribution >= 0.6 is 11.6 Å². The number of hydrogen-bond donors (Lipinski definition) is 3. The molecule has 158 valence electrons. The van der Waals surface area contributed by atoms with Gasteiger partial charge in [-0.05, 0) is 24.6 Å². The summed E-state index contributed by atoms with van der Waals surface area (Å²) in [5.41, 5.74) is 7.54. The highest BCUT2D eigenvalue weighted by Gasteiger charge is 2.14. The molecule has 0 aromatic heterocycles. The van der Waals surface area contributed by atoms with E-state index in [2.05, 4.69) is 36.9 Å². The van der Waals surface area contributed by atoms with Gasteiger partial charge in [0.2, 0.25) is 0 Å². The third kappa shape index (κ3) is 11.4. The zero-order valence-electron chi connectivity index (χ0n) is 16.5. The van der Waals surface area contributed by atoms with Gasteiger partial charge in [-0.25, -0.2) is 4.39 Å². The Morgan fingerprint density at radius 1 is 1.28 bits per heavy atom. The van der Waals surface area contributed by atoms with Gasteiger partial charge in [0, 0.05) is 30.8 Å². The Morgan fingerprint density at radius 3 is 2.48 bits per heavy atom. The van der Waals surface area contributed by atoms with E-state index in [0.717, 1.165) is 0 Å². The van der Waals surface area contributed by atoms with E-state index in [4.69, 9.17) is 22.1 Å².